The molecule has 4 aromatic rings. The highest BCUT2D eigenvalue weighted by atomic mass is 35.5. The molecule has 5 rings (SSSR count). The van der Waals surface area contributed by atoms with Gasteiger partial charge in [-0.05, 0) is 86.1 Å². The second-order valence-electron chi connectivity index (χ2n) is 10.7. The van der Waals surface area contributed by atoms with E-state index in [0.29, 0.717) is 36.2 Å². The number of carbonyl (C=O) groups is 1. The lowest BCUT2D eigenvalue weighted by Crippen LogP contribution is -2.28. The zero-order chi connectivity index (χ0) is 27.4. The molecule has 0 amide bonds. The lowest BCUT2D eigenvalue weighted by Gasteiger charge is -2.22. The van der Waals surface area contributed by atoms with Crippen LogP contribution in [-0.4, -0.2) is 33.4 Å². The first-order chi connectivity index (χ1) is 18.9. The molecule has 1 saturated heterocycles. The van der Waals surface area contributed by atoms with Gasteiger partial charge in [-0.25, -0.2) is 4.98 Å². The maximum atomic E-state index is 12.6. The van der Waals surface area contributed by atoms with E-state index in [1.165, 1.54) is 0 Å². The first-order valence-electron chi connectivity index (χ1n) is 13.7. The quantitative estimate of drug-likeness (QED) is 0.220. The number of Topliss-reactive ketones (excluding diaryl/α,β-unsaturated/α-hetero) is 1. The SMILES string of the molecule is CC(C)c1cc(Nc2nc3cc(Oc4ccnc(CC(=O)CCC5CCNCC5)c4)ccc3n2C)ccc1Cl. The highest BCUT2D eigenvalue weighted by Crippen LogP contribution is 2.31. The van der Waals surface area contributed by atoms with E-state index in [-0.39, 0.29) is 5.78 Å². The Balaban J connectivity index is 1.25. The largest absolute Gasteiger partial charge is 0.457 e. The van der Waals surface area contributed by atoms with E-state index in [2.05, 4.69) is 35.5 Å². The second kappa shape index (κ2) is 12.2. The maximum absolute atomic E-state index is 12.6. The predicted molar refractivity (Wildman–Crippen MR) is 157 cm³/mol. The van der Waals surface area contributed by atoms with Crippen LogP contribution in [-0.2, 0) is 18.3 Å². The van der Waals surface area contributed by atoms with Crippen LogP contribution in [0.1, 0.15) is 56.7 Å². The number of ketones is 1. The number of nitrogens with zero attached hydrogens (tertiary/aromatic N) is 3. The van der Waals surface area contributed by atoms with Crippen molar-refractivity contribution >= 4 is 40.1 Å². The number of rotatable bonds is 10. The standard InChI is InChI=1S/C31H36ClN5O2/c1-20(2)27-18-22(5-8-28(27)32)35-31-36-29-19-25(7-9-30(29)37(31)3)39-26-12-15-34-23(17-26)16-24(38)6-4-21-10-13-33-14-11-21/h5,7-9,12,15,17-21,33H,4,6,10-11,13-14,16H2,1-3H3,(H,35,36). The summed E-state index contributed by atoms with van der Waals surface area (Å²) in [6.45, 7) is 6.37. The van der Waals surface area contributed by atoms with Crippen molar-refractivity contribution in [1.29, 1.82) is 0 Å². The van der Waals surface area contributed by atoms with E-state index in [1.807, 2.05) is 54.1 Å². The number of aryl methyl sites for hydroxylation is 1. The van der Waals surface area contributed by atoms with Crippen molar-refractivity contribution in [2.45, 2.75) is 51.9 Å². The molecule has 8 heteroatoms. The Morgan fingerprint density at radius 1 is 1.13 bits per heavy atom. The summed E-state index contributed by atoms with van der Waals surface area (Å²) in [5.74, 6) is 3.27. The maximum Gasteiger partial charge on any atom is 0.208 e. The van der Waals surface area contributed by atoms with Crippen molar-refractivity contribution in [1.82, 2.24) is 19.9 Å². The van der Waals surface area contributed by atoms with Gasteiger partial charge < -0.3 is 19.9 Å². The molecular formula is C31H36ClN5O2. The number of anilines is 2. The summed E-state index contributed by atoms with van der Waals surface area (Å²) in [5.41, 5.74) is 4.57. The minimum Gasteiger partial charge on any atom is -0.457 e. The summed E-state index contributed by atoms with van der Waals surface area (Å²) in [7, 11) is 1.98. The molecule has 1 aliphatic heterocycles. The molecule has 3 heterocycles. The fourth-order valence-electron chi connectivity index (χ4n) is 5.13. The third kappa shape index (κ3) is 6.78. The molecule has 2 aromatic carbocycles. The van der Waals surface area contributed by atoms with Gasteiger partial charge >= 0.3 is 0 Å². The van der Waals surface area contributed by atoms with Gasteiger partial charge in [0.2, 0.25) is 5.95 Å². The molecule has 1 fully saturated rings. The van der Waals surface area contributed by atoms with Gasteiger partial charge in [-0.3, -0.25) is 9.78 Å². The van der Waals surface area contributed by atoms with Gasteiger partial charge in [0.25, 0.3) is 0 Å². The molecule has 0 spiro atoms. The van der Waals surface area contributed by atoms with Crippen LogP contribution in [0.4, 0.5) is 11.6 Å². The van der Waals surface area contributed by atoms with Crippen LogP contribution in [0.15, 0.2) is 54.7 Å². The zero-order valence-electron chi connectivity index (χ0n) is 22.8. The summed E-state index contributed by atoms with van der Waals surface area (Å²) >= 11 is 6.37. The Hall–Kier alpha value is -3.42. The number of carbonyl (C=O) groups excluding carboxylic acids is 1. The highest BCUT2D eigenvalue weighted by Gasteiger charge is 2.16. The van der Waals surface area contributed by atoms with E-state index in [0.717, 1.165) is 71.3 Å². The number of piperidine rings is 1. The van der Waals surface area contributed by atoms with Crippen molar-refractivity contribution in [2.75, 3.05) is 18.4 Å². The summed E-state index contributed by atoms with van der Waals surface area (Å²) in [6.07, 6.45) is 5.93. The number of ether oxygens (including phenoxy) is 1. The zero-order valence-corrected chi connectivity index (χ0v) is 23.6. The van der Waals surface area contributed by atoms with Crippen LogP contribution in [0.25, 0.3) is 11.0 Å². The van der Waals surface area contributed by atoms with Crippen molar-refractivity contribution in [3.05, 3.63) is 71.0 Å². The number of hydrogen-bond acceptors (Lipinski definition) is 6. The number of imidazole rings is 1. The molecule has 0 unspecified atom stereocenters. The summed E-state index contributed by atoms with van der Waals surface area (Å²) in [6, 6.07) is 15.5. The van der Waals surface area contributed by atoms with Crippen molar-refractivity contribution < 1.29 is 9.53 Å². The molecule has 2 N–H and O–H groups in total. The van der Waals surface area contributed by atoms with Crippen LogP contribution in [0.5, 0.6) is 11.5 Å². The van der Waals surface area contributed by atoms with Crippen molar-refractivity contribution in [3.8, 4) is 11.5 Å². The van der Waals surface area contributed by atoms with Crippen LogP contribution in [0.3, 0.4) is 0 Å². The minimum atomic E-state index is 0.231. The Morgan fingerprint density at radius 2 is 1.92 bits per heavy atom. The highest BCUT2D eigenvalue weighted by molar-refractivity contribution is 6.31. The number of fused-ring (bicyclic) bond motifs is 1. The van der Waals surface area contributed by atoms with Crippen LogP contribution < -0.4 is 15.4 Å². The average Bonchev–Trinajstić information content (AvgIpc) is 3.23. The van der Waals surface area contributed by atoms with Gasteiger partial charge in [-0.15, -0.1) is 0 Å². The smallest absolute Gasteiger partial charge is 0.208 e. The van der Waals surface area contributed by atoms with Gasteiger partial charge in [0.15, 0.2) is 0 Å². The Labute approximate surface area is 235 Å². The van der Waals surface area contributed by atoms with Crippen molar-refractivity contribution in [3.63, 3.8) is 0 Å². The number of benzene rings is 2. The molecule has 0 aliphatic carbocycles. The van der Waals surface area contributed by atoms with Crippen molar-refractivity contribution in [2.24, 2.45) is 13.0 Å². The number of halogens is 1. The van der Waals surface area contributed by atoms with Gasteiger partial charge in [0, 0.05) is 48.9 Å². The fraction of sp³-hybridized carbons (Fsp3) is 0.387. The third-order valence-corrected chi connectivity index (χ3v) is 7.76. The Kier molecular flexibility index (Phi) is 8.48. The molecule has 0 atom stereocenters. The van der Waals surface area contributed by atoms with E-state index in [4.69, 9.17) is 21.3 Å². The van der Waals surface area contributed by atoms with Crippen LogP contribution in [0, 0.1) is 5.92 Å². The summed E-state index contributed by atoms with van der Waals surface area (Å²) < 4.78 is 8.16. The first-order valence-corrected chi connectivity index (χ1v) is 14.1. The molecule has 0 saturated carbocycles. The Morgan fingerprint density at radius 3 is 2.72 bits per heavy atom. The molecule has 7 nitrogen and oxygen atoms in total. The minimum absolute atomic E-state index is 0.231. The lowest BCUT2D eigenvalue weighted by molar-refractivity contribution is -0.118. The molecule has 2 aromatic heterocycles. The normalized spacial score (nSPS) is 14.2. The van der Waals surface area contributed by atoms with Gasteiger partial charge in [0.1, 0.15) is 17.3 Å². The average molecular weight is 546 g/mol. The summed E-state index contributed by atoms with van der Waals surface area (Å²) in [4.78, 5) is 21.8. The topological polar surface area (TPSA) is 81.1 Å². The lowest BCUT2D eigenvalue weighted by atomic mass is 9.92. The number of pyridine rings is 1. The van der Waals surface area contributed by atoms with Gasteiger partial charge in [-0.2, -0.15) is 0 Å². The number of hydrogen-bond donors (Lipinski definition) is 2. The van der Waals surface area contributed by atoms with Crippen LogP contribution >= 0.6 is 11.6 Å². The first kappa shape index (κ1) is 27.2. The molecule has 0 radical (unpaired) electrons. The van der Waals surface area contributed by atoms with Gasteiger partial charge in [-0.1, -0.05) is 25.4 Å². The molecular weight excluding hydrogens is 510 g/mol. The monoisotopic (exact) mass is 545 g/mol. The fourth-order valence-corrected chi connectivity index (χ4v) is 5.46. The molecule has 39 heavy (non-hydrogen) atoms. The third-order valence-electron chi connectivity index (χ3n) is 7.42. The molecule has 204 valence electrons. The van der Waals surface area contributed by atoms with E-state index in [1.54, 1.807) is 6.20 Å². The molecule has 0 bridgehead atoms. The van der Waals surface area contributed by atoms with E-state index < -0.39 is 0 Å². The predicted octanol–water partition coefficient (Wildman–Crippen LogP) is 7.17. The second-order valence-corrected chi connectivity index (χ2v) is 11.1. The van der Waals surface area contributed by atoms with E-state index in [9.17, 15) is 4.79 Å². The Bertz CT molecular complexity index is 1460. The number of aromatic nitrogens is 3. The molecule has 1 aliphatic rings. The summed E-state index contributed by atoms with van der Waals surface area (Å²) in [5, 5.41) is 7.56. The van der Waals surface area contributed by atoms with E-state index >= 15 is 0 Å². The van der Waals surface area contributed by atoms with Gasteiger partial charge in [0.05, 0.1) is 16.7 Å². The van der Waals surface area contributed by atoms with Crippen LogP contribution in [0.2, 0.25) is 5.02 Å². The number of nitrogens with one attached hydrogen (secondary N) is 2.